The summed E-state index contributed by atoms with van der Waals surface area (Å²) in [6.45, 7) is 8.20. The summed E-state index contributed by atoms with van der Waals surface area (Å²) in [6, 6.07) is 19.3. The van der Waals surface area contributed by atoms with Gasteiger partial charge in [0.15, 0.2) is 6.10 Å². The molecule has 0 fully saturated rings. The van der Waals surface area contributed by atoms with Crippen LogP contribution in [0.25, 0.3) is 0 Å². The van der Waals surface area contributed by atoms with E-state index in [1.807, 2.05) is 81.1 Å². The second-order valence-corrected chi connectivity index (χ2v) is 9.62. The van der Waals surface area contributed by atoms with E-state index in [-0.39, 0.29) is 23.5 Å². The first-order chi connectivity index (χ1) is 17.3. The van der Waals surface area contributed by atoms with Crippen LogP contribution in [0, 0.1) is 18.7 Å². The fraction of sp³-hybridized carbons (Fsp3) is 0.333. The maximum absolute atomic E-state index is 14.2. The molecule has 3 aromatic rings. The Morgan fingerprint density at radius 3 is 2.50 bits per heavy atom. The van der Waals surface area contributed by atoms with E-state index in [1.165, 1.54) is 12.1 Å². The lowest BCUT2D eigenvalue weighted by Crippen LogP contribution is -2.42. The predicted octanol–water partition coefficient (Wildman–Crippen LogP) is 6.06. The molecule has 3 aromatic carbocycles. The summed E-state index contributed by atoms with van der Waals surface area (Å²) in [4.78, 5) is 27.9. The largest absolute Gasteiger partial charge is 0.481 e. The molecule has 1 aliphatic heterocycles. The molecule has 36 heavy (non-hydrogen) atoms. The van der Waals surface area contributed by atoms with E-state index >= 15 is 0 Å². The van der Waals surface area contributed by atoms with E-state index < -0.39 is 12.1 Å². The number of fused-ring (bicyclic) bond motifs is 1. The molecule has 0 aliphatic carbocycles. The third-order valence-electron chi connectivity index (χ3n) is 6.55. The van der Waals surface area contributed by atoms with Crippen molar-refractivity contribution in [2.75, 3.05) is 11.9 Å². The molecule has 0 bridgehead atoms. The van der Waals surface area contributed by atoms with Gasteiger partial charge in [-0.2, -0.15) is 0 Å². The molecule has 4 rings (SSSR count). The maximum atomic E-state index is 14.2. The van der Waals surface area contributed by atoms with Crippen molar-refractivity contribution in [3.8, 4) is 5.75 Å². The van der Waals surface area contributed by atoms with Crippen LogP contribution < -0.4 is 10.1 Å². The van der Waals surface area contributed by atoms with Crippen molar-refractivity contribution in [1.82, 2.24) is 4.90 Å². The third kappa shape index (κ3) is 5.59. The number of rotatable bonds is 7. The minimum Gasteiger partial charge on any atom is -0.481 e. The van der Waals surface area contributed by atoms with Crippen LogP contribution in [0.5, 0.6) is 5.75 Å². The monoisotopic (exact) mass is 488 g/mol. The number of amides is 2. The number of benzene rings is 3. The van der Waals surface area contributed by atoms with E-state index in [1.54, 1.807) is 6.07 Å². The normalized spacial score (nSPS) is 15.8. The highest BCUT2D eigenvalue weighted by atomic mass is 19.1. The van der Waals surface area contributed by atoms with Crippen molar-refractivity contribution in [2.45, 2.75) is 52.7 Å². The number of ether oxygens (including phenoxy) is 1. The van der Waals surface area contributed by atoms with E-state index in [0.717, 1.165) is 16.7 Å². The van der Waals surface area contributed by atoms with E-state index in [9.17, 15) is 14.0 Å². The minimum absolute atomic E-state index is 0.0187. The Kier molecular flexibility index (Phi) is 7.73. The molecule has 0 saturated heterocycles. The average molecular weight is 489 g/mol. The summed E-state index contributed by atoms with van der Waals surface area (Å²) >= 11 is 0. The Morgan fingerprint density at radius 2 is 1.83 bits per heavy atom. The molecule has 5 nitrogen and oxygen atoms in total. The molecular formula is C30H33FN2O3. The Labute approximate surface area is 212 Å². The second-order valence-electron chi connectivity index (χ2n) is 9.62. The Hall–Kier alpha value is -3.67. The van der Waals surface area contributed by atoms with Crippen molar-refractivity contribution in [3.63, 3.8) is 0 Å². The first-order valence-corrected chi connectivity index (χ1v) is 12.5. The van der Waals surface area contributed by atoms with Crippen LogP contribution >= 0.6 is 0 Å². The minimum atomic E-state index is -0.686. The first kappa shape index (κ1) is 25.4. The van der Waals surface area contributed by atoms with E-state index in [4.69, 9.17) is 4.74 Å². The SMILES string of the molecule is CC[C@H](Oc1ccc2c(c1)[C@@H](c1cccc(F)c1)N(C(=O)C(C)C)CC2)C(=O)Nc1ccc(C)cc1. The molecule has 1 heterocycles. The Morgan fingerprint density at radius 1 is 1.08 bits per heavy atom. The number of hydrogen-bond donors (Lipinski definition) is 1. The number of nitrogens with zero attached hydrogens (tertiary/aromatic N) is 1. The molecular weight excluding hydrogens is 455 g/mol. The number of halogens is 1. The summed E-state index contributed by atoms with van der Waals surface area (Å²) in [6.07, 6.45) is 0.499. The van der Waals surface area contributed by atoms with Crippen molar-refractivity contribution < 1.29 is 18.7 Å². The van der Waals surface area contributed by atoms with Crippen LogP contribution in [0.3, 0.4) is 0 Å². The molecule has 0 radical (unpaired) electrons. The van der Waals surface area contributed by atoms with Gasteiger partial charge < -0.3 is 15.0 Å². The van der Waals surface area contributed by atoms with Gasteiger partial charge in [-0.25, -0.2) is 4.39 Å². The van der Waals surface area contributed by atoms with Gasteiger partial charge in [0.25, 0.3) is 5.91 Å². The van der Waals surface area contributed by atoms with Gasteiger partial charge >= 0.3 is 0 Å². The number of anilines is 1. The van der Waals surface area contributed by atoms with Gasteiger partial charge in [0.2, 0.25) is 5.91 Å². The highest BCUT2D eigenvalue weighted by Gasteiger charge is 2.34. The summed E-state index contributed by atoms with van der Waals surface area (Å²) in [5, 5.41) is 2.92. The van der Waals surface area contributed by atoms with E-state index in [0.29, 0.717) is 36.4 Å². The van der Waals surface area contributed by atoms with Gasteiger partial charge in [-0.1, -0.05) is 56.7 Å². The Bertz CT molecular complexity index is 1240. The number of nitrogens with one attached hydrogen (secondary N) is 1. The van der Waals surface area contributed by atoms with Gasteiger partial charge in [0.05, 0.1) is 6.04 Å². The highest BCUT2D eigenvalue weighted by Crippen LogP contribution is 2.38. The van der Waals surface area contributed by atoms with Crippen LogP contribution in [0.15, 0.2) is 66.7 Å². The summed E-state index contributed by atoms with van der Waals surface area (Å²) in [5.41, 5.74) is 4.52. The van der Waals surface area contributed by atoms with Gasteiger partial charge in [0.1, 0.15) is 11.6 Å². The second kappa shape index (κ2) is 10.9. The third-order valence-corrected chi connectivity index (χ3v) is 6.55. The average Bonchev–Trinajstić information content (AvgIpc) is 2.87. The van der Waals surface area contributed by atoms with Crippen LogP contribution in [-0.4, -0.2) is 29.4 Å². The van der Waals surface area contributed by atoms with Gasteiger partial charge in [0, 0.05) is 18.2 Å². The lowest BCUT2D eigenvalue weighted by Gasteiger charge is -2.39. The van der Waals surface area contributed by atoms with Gasteiger partial charge in [-0.05, 0) is 72.9 Å². The van der Waals surface area contributed by atoms with Crippen LogP contribution in [0.4, 0.5) is 10.1 Å². The molecule has 0 aromatic heterocycles. The molecule has 1 N–H and O–H groups in total. The molecule has 2 atom stereocenters. The van der Waals surface area contributed by atoms with Crippen LogP contribution in [0.1, 0.15) is 55.5 Å². The maximum Gasteiger partial charge on any atom is 0.265 e. The molecule has 188 valence electrons. The molecule has 6 heteroatoms. The van der Waals surface area contributed by atoms with Crippen molar-refractivity contribution in [1.29, 1.82) is 0 Å². The fourth-order valence-corrected chi connectivity index (χ4v) is 4.62. The number of aryl methyl sites for hydroxylation is 1. The first-order valence-electron chi connectivity index (χ1n) is 12.5. The molecule has 0 spiro atoms. The van der Waals surface area contributed by atoms with Gasteiger partial charge in [-0.15, -0.1) is 0 Å². The molecule has 0 unspecified atom stereocenters. The van der Waals surface area contributed by atoms with Crippen molar-refractivity contribution >= 4 is 17.5 Å². The summed E-state index contributed by atoms with van der Waals surface area (Å²) in [5.74, 6) is -0.192. The number of hydrogen-bond acceptors (Lipinski definition) is 3. The fourth-order valence-electron chi connectivity index (χ4n) is 4.62. The van der Waals surface area contributed by atoms with Crippen molar-refractivity contribution in [3.05, 3.63) is 94.8 Å². The highest BCUT2D eigenvalue weighted by molar-refractivity contribution is 5.94. The van der Waals surface area contributed by atoms with E-state index in [2.05, 4.69) is 5.32 Å². The summed E-state index contributed by atoms with van der Waals surface area (Å²) < 4.78 is 20.3. The Balaban J connectivity index is 1.64. The standard InChI is InChI=1S/C30H33FN2O3/c1-5-27(29(34)32-24-12-9-20(4)10-13-24)36-25-14-11-21-15-16-33(30(35)19(2)3)28(26(21)18-25)22-7-6-8-23(31)17-22/h6-14,17-19,27-28H,5,15-16H2,1-4H3,(H,32,34)/t27-,28+/m0/s1. The van der Waals surface area contributed by atoms with Crippen LogP contribution in [0.2, 0.25) is 0 Å². The predicted molar refractivity (Wildman–Crippen MR) is 139 cm³/mol. The molecule has 2 amide bonds. The zero-order chi connectivity index (χ0) is 25.8. The van der Waals surface area contributed by atoms with Gasteiger partial charge in [-0.3, -0.25) is 9.59 Å². The zero-order valence-corrected chi connectivity index (χ0v) is 21.3. The smallest absolute Gasteiger partial charge is 0.265 e. The van der Waals surface area contributed by atoms with Crippen LogP contribution in [-0.2, 0) is 16.0 Å². The topological polar surface area (TPSA) is 58.6 Å². The summed E-state index contributed by atoms with van der Waals surface area (Å²) in [7, 11) is 0. The molecule has 0 saturated carbocycles. The number of carbonyl (C=O) groups is 2. The lowest BCUT2D eigenvalue weighted by atomic mass is 9.87. The lowest BCUT2D eigenvalue weighted by molar-refractivity contribution is -0.136. The molecule has 1 aliphatic rings. The quantitative estimate of drug-likeness (QED) is 0.440. The number of carbonyl (C=O) groups excluding carboxylic acids is 2. The zero-order valence-electron chi connectivity index (χ0n) is 21.3. The van der Waals surface area contributed by atoms with Crippen molar-refractivity contribution in [2.24, 2.45) is 5.92 Å².